The third kappa shape index (κ3) is 3.25. The van der Waals surface area contributed by atoms with Crippen molar-refractivity contribution < 1.29 is 14.7 Å². The molecule has 1 amide bonds. The highest BCUT2D eigenvalue weighted by atomic mass is 32.2. The number of likely N-dealkylation sites (tertiary alicyclic amines) is 2. The molecule has 0 aromatic rings. The first-order valence-electron chi connectivity index (χ1n) is 8.80. The van der Waals surface area contributed by atoms with Gasteiger partial charge in [-0.3, -0.25) is 9.59 Å². The second-order valence-corrected chi connectivity index (χ2v) is 8.43. The summed E-state index contributed by atoms with van der Waals surface area (Å²) in [7, 11) is 0. The first-order valence-corrected chi connectivity index (χ1v) is 10.2. The lowest BCUT2D eigenvalue weighted by atomic mass is 9.81. The van der Waals surface area contributed by atoms with E-state index in [1.54, 1.807) is 0 Å². The topological polar surface area (TPSA) is 60.9 Å². The zero-order chi connectivity index (χ0) is 16.4. The van der Waals surface area contributed by atoms with E-state index in [1.807, 2.05) is 16.7 Å². The van der Waals surface area contributed by atoms with E-state index in [0.29, 0.717) is 19.6 Å². The van der Waals surface area contributed by atoms with Gasteiger partial charge in [-0.1, -0.05) is 12.8 Å². The SMILES string of the molecule is CSCCCN1CC2CN(C(=O)C3CCCC3)C[C@@]2(C(=O)O)C1. The third-order valence-corrected chi connectivity index (χ3v) is 6.64. The van der Waals surface area contributed by atoms with Crippen LogP contribution < -0.4 is 0 Å². The van der Waals surface area contributed by atoms with Crippen LogP contribution in [0.4, 0.5) is 0 Å². The van der Waals surface area contributed by atoms with Gasteiger partial charge in [0, 0.05) is 38.0 Å². The summed E-state index contributed by atoms with van der Waals surface area (Å²) in [5.74, 6) is 0.869. The molecule has 3 fully saturated rings. The maximum atomic E-state index is 12.7. The van der Waals surface area contributed by atoms with Crippen molar-refractivity contribution >= 4 is 23.6 Å². The van der Waals surface area contributed by atoms with Crippen LogP contribution in [-0.2, 0) is 9.59 Å². The van der Waals surface area contributed by atoms with Gasteiger partial charge < -0.3 is 14.9 Å². The van der Waals surface area contributed by atoms with Gasteiger partial charge in [-0.2, -0.15) is 11.8 Å². The number of rotatable bonds is 6. The summed E-state index contributed by atoms with van der Waals surface area (Å²) < 4.78 is 0. The lowest BCUT2D eigenvalue weighted by molar-refractivity contribution is -0.149. The molecule has 23 heavy (non-hydrogen) atoms. The van der Waals surface area contributed by atoms with Crippen LogP contribution in [0.1, 0.15) is 32.1 Å². The lowest BCUT2D eigenvalue weighted by Gasteiger charge is -2.26. The number of amides is 1. The van der Waals surface area contributed by atoms with Gasteiger partial charge in [0.05, 0.1) is 0 Å². The second kappa shape index (κ2) is 7.01. The Morgan fingerprint density at radius 1 is 1.22 bits per heavy atom. The monoisotopic (exact) mass is 340 g/mol. The van der Waals surface area contributed by atoms with Crippen molar-refractivity contribution in [2.24, 2.45) is 17.3 Å². The van der Waals surface area contributed by atoms with E-state index < -0.39 is 11.4 Å². The largest absolute Gasteiger partial charge is 0.481 e. The van der Waals surface area contributed by atoms with Crippen LogP contribution >= 0.6 is 11.8 Å². The minimum Gasteiger partial charge on any atom is -0.481 e. The highest BCUT2D eigenvalue weighted by Crippen LogP contribution is 2.44. The third-order valence-electron chi connectivity index (χ3n) is 5.94. The quantitative estimate of drug-likeness (QED) is 0.747. The van der Waals surface area contributed by atoms with Gasteiger partial charge in [0.25, 0.3) is 0 Å². The van der Waals surface area contributed by atoms with E-state index in [2.05, 4.69) is 11.2 Å². The van der Waals surface area contributed by atoms with Gasteiger partial charge in [0.2, 0.25) is 5.91 Å². The lowest BCUT2D eigenvalue weighted by Crippen LogP contribution is -2.43. The molecule has 5 nitrogen and oxygen atoms in total. The summed E-state index contributed by atoms with van der Waals surface area (Å²) in [5, 5.41) is 9.86. The van der Waals surface area contributed by atoms with Crippen LogP contribution in [0.15, 0.2) is 0 Å². The van der Waals surface area contributed by atoms with E-state index in [1.165, 1.54) is 0 Å². The maximum absolute atomic E-state index is 12.7. The number of thioether (sulfide) groups is 1. The molecule has 1 aliphatic carbocycles. The molecule has 130 valence electrons. The van der Waals surface area contributed by atoms with E-state index in [9.17, 15) is 14.7 Å². The molecule has 2 heterocycles. The molecule has 2 aliphatic heterocycles. The van der Waals surface area contributed by atoms with Gasteiger partial charge in [-0.25, -0.2) is 0 Å². The summed E-state index contributed by atoms with van der Waals surface area (Å²) in [4.78, 5) is 28.8. The molecule has 0 spiro atoms. The van der Waals surface area contributed by atoms with Crippen molar-refractivity contribution in [3.8, 4) is 0 Å². The Morgan fingerprint density at radius 2 is 1.96 bits per heavy atom. The number of nitrogens with zero attached hydrogens (tertiary/aromatic N) is 2. The summed E-state index contributed by atoms with van der Waals surface area (Å²) in [6, 6.07) is 0. The minimum absolute atomic E-state index is 0.0969. The van der Waals surface area contributed by atoms with Crippen LogP contribution in [0.3, 0.4) is 0 Å². The first kappa shape index (κ1) is 17.1. The molecule has 3 rings (SSSR count). The fourth-order valence-electron chi connectivity index (χ4n) is 4.67. The molecule has 3 aliphatic rings. The van der Waals surface area contributed by atoms with E-state index >= 15 is 0 Å². The van der Waals surface area contributed by atoms with Crippen molar-refractivity contribution in [1.29, 1.82) is 0 Å². The number of carbonyl (C=O) groups excluding carboxylic acids is 1. The number of carboxylic acid groups (broad SMARTS) is 1. The Hall–Kier alpha value is -0.750. The van der Waals surface area contributed by atoms with Crippen LogP contribution in [0, 0.1) is 17.3 Å². The smallest absolute Gasteiger partial charge is 0.313 e. The zero-order valence-electron chi connectivity index (χ0n) is 14.0. The predicted molar refractivity (Wildman–Crippen MR) is 91.5 cm³/mol. The molecule has 0 aromatic heterocycles. The number of carbonyl (C=O) groups is 2. The second-order valence-electron chi connectivity index (χ2n) is 7.44. The average molecular weight is 340 g/mol. The normalized spacial score (nSPS) is 31.7. The van der Waals surface area contributed by atoms with Gasteiger partial charge in [-0.15, -0.1) is 0 Å². The number of aliphatic carboxylic acids is 1. The molecule has 0 bridgehead atoms. The van der Waals surface area contributed by atoms with Gasteiger partial charge in [0.15, 0.2) is 0 Å². The molecule has 2 saturated heterocycles. The molecule has 1 N–H and O–H groups in total. The van der Waals surface area contributed by atoms with Crippen molar-refractivity contribution in [1.82, 2.24) is 9.80 Å². The Kier molecular flexibility index (Phi) is 5.21. The minimum atomic E-state index is -0.729. The number of hydrogen-bond donors (Lipinski definition) is 1. The molecule has 2 atom stereocenters. The molecule has 0 radical (unpaired) electrons. The molecular formula is C17H28N2O3S. The molecule has 0 aromatic carbocycles. The maximum Gasteiger partial charge on any atom is 0.313 e. The predicted octanol–water partition coefficient (Wildman–Crippen LogP) is 1.77. The van der Waals surface area contributed by atoms with E-state index in [4.69, 9.17) is 0 Å². The number of carboxylic acids is 1. The number of hydrogen-bond acceptors (Lipinski definition) is 4. The van der Waals surface area contributed by atoms with Crippen molar-refractivity contribution in [3.63, 3.8) is 0 Å². The zero-order valence-corrected chi connectivity index (χ0v) is 14.8. The van der Waals surface area contributed by atoms with Crippen molar-refractivity contribution in [2.45, 2.75) is 32.1 Å². The van der Waals surface area contributed by atoms with Crippen molar-refractivity contribution in [3.05, 3.63) is 0 Å². The van der Waals surface area contributed by atoms with Crippen molar-refractivity contribution in [2.75, 3.05) is 44.7 Å². The number of fused-ring (bicyclic) bond motifs is 1. The highest BCUT2D eigenvalue weighted by Gasteiger charge is 2.58. The Labute approximate surface area is 142 Å². The standard InChI is InChI=1S/C17H28N2O3S/c1-23-8-4-7-18-9-14-10-19(12-17(14,11-18)16(21)22)15(20)13-5-2-3-6-13/h13-14H,2-12H2,1H3,(H,21,22)/t14?,17-/m0/s1. The van der Waals surface area contributed by atoms with E-state index in [0.717, 1.165) is 50.9 Å². The van der Waals surface area contributed by atoms with E-state index in [-0.39, 0.29) is 17.7 Å². The van der Waals surface area contributed by atoms with Crippen LogP contribution in [0.5, 0.6) is 0 Å². The first-order chi connectivity index (χ1) is 11.1. The van der Waals surface area contributed by atoms with Gasteiger partial charge >= 0.3 is 5.97 Å². The Bertz CT molecular complexity index is 467. The summed E-state index contributed by atoms with van der Waals surface area (Å²) in [5.41, 5.74) is -0.729. The fraction of sp³-hybridized carbons (Fsp3) is 0.882. The molecule has 1 saturated carbocycles. The summed E-state index contributed by atoms with van der Waals surface area (Å²) in [6.45, 7) is 3.47. The summed E-state index contributed by atoms with van der Waals surface area (Å²) >= 11 is 1.83. The summed E-state index contributed by atoms with van der Waals surface area (Å²) in [6.07, 6.45) is 7.46. The average Bonchev–Trinajstić information content (AvgIpc) is 3.21. The fourth-order valence-corrected chi connectivity index (χ4v) is 5.09. The molecule has 1 unspecified atom stereocenters. The van der Waals surface area contributed by atoms with Crippen LogP contribution in [0.2, 0.25) is 0 Å². The van der Waals surface area contributed by atoms with Gasteiger partial charge in [0.1, 0.15) is 5.41 Å². The molecular weight excluding hydrogens is 312 g/mol. The molecule has 6 heteroatoms. The highest BCUT2D eigenvalue weighted by molar-refractivity contribution is 7.98. The van der Waals surface area contributed by atoms with Crippen LogP contribution in [-0.4, -0.2) is 71.5 Å². The Balaban J connectivity index is 1.64. The van der Waals surface area contributed by atoms with Crippen LogP contribution in [0.25, 0.3) is 0 Å². The van der Waals surface area contributed by atoms with Gasteiger partial charge in [-0.05, 0) is 37.8 Å². The Morgan fingerprint density at radius 3 is 2.57 bits per heavy atom.